The standard InChI is InChI=1S/C10H13NO3S/c1-14-9(12)5-2-6-11-10(13)8-4-3-7-15-8/h3-4,7H,2,5-6H2,1H3,(H,11,13). The Morgan fingerprint density at radius 3 is 2.93 bits per heavy atom. The molecule has 1 heterocycles. The Kier molecular flexibility index (Phi) is 4.83. The number of methoxy groups -OCH3 is 1. The summed E-state index contributed by atoms with van der Waals surface area (Å²) in [5.74, 6) is -0.338. The lowest BCUT2D eigenvalue weighted by atomic mass is 10.3. The molecule has 5 heteroatoms. The van der Waals surface area contributed by atoms with E-state index in [1.54, 1.807) is 6.07 Å². The first-order chi connectivity index (χ1) is 7.24. The van der Waals surface area contributed by atoms with Gasteiger partial charge in [-0.05, 0) is 17.9 Å². The Morgan fingerprint density at radius 2 is 2.33 bits per heavy atom. The molecule has 1 amide bonds. The number of nitrogens with one attached hydrogen (secondary N) is 1. The minimum atomic E-state index is -0.250. The molecule has 15 heavy (non-hydrogen) atoms. The number of ether oxygens (including phenoxy) is 1. The SMILES string of the molecule is COC(=O)CCCNC(=O)c1cccs1. The van der Waals surface area contributed by atoms with Gasteiger partial charge in [-0.3, -0.25) is 9.59 Å². The number of thiophene rings is 1. The fourth-order valence-corrected chi connectivity index (χ4v) is 1.67. The molecule has 0 unspecified atom stereocenters. The predicted octanol–water partition coefficient (Wildman–Crippen LogP) is 1.43. The van der Waals surface area contributed by atoms with Crippen molar-refractivity contribution in [2.45, 2.75) is 12.8 Å². The number of rotatable bonds is 5. The van der Waals surface area contributed by atoms with Gasteiger partial charge < -0.3 is 10.1 Å². The monoisotopic (exact) mass is 227 g/mol. The van der Waals surface area contributed by atoms with Gasteiger partial charge in [0.2, 0.25) is 0 Å². The van der Waals surface area contributed by atoms with Gasteiger partial charge in [-0.1, -0.05) is 6.07 Å². The van der Waals surface area contributed by atoms with Crippen molar-refractivity contribution in [3.63, 3.8) is 0 Å². The predicted molar refractivity (Wildman–Crippen MR) is 57.9 cm³/mol. The minimum Gasteiger partial charge on any atom is -0.469 e. The van der Waals surface area contributed by atoms with Crippen molar-refractivity contribution in [2.75, 3.05) is 13.7 Å². The molecule has 0 saturated carbocycles. The third-order valence-electron chi connectivity index (χ3n) is 1.82. The van der Waals surface area contributed by atoms with E-state index in [-0.39, 0.29) is 11.9 Å². The first-order valence-corrected chi connectivity index (χ1v) is 5.50. The lowest BCUT2D eigenvalue weighted by Crippen LogP contribution is -2.24. The maximum absolute atomic E-state index is 11.4. The van der Waals surface area contributed by atoms with Crippen molar-refractivity contribution in [3.8, 4) is 0 Å². The highest BCUT2D eigenvalue weighted by atomic mass is 32.1. The van der Waals surface area contributed by atoms with Gasteiger partial charge in [0.15, 0.2) is 0 Å². The van der Waals surface area contributed by atoms with Crippen LogP contribution in [0.5, 0.6) is 0 Å². The summed E-state index contributed by atoms with van der Waals surface area (Å²) in [6, 6.07) is 3.59. The maximum atomic E-state index is 11.4. The summed E-state index contributed by atoms with van der Waals surface area (Å²) in [7, 11) is 1.35. The van der Waals surface area contributed by atoms with Crippen LogP contribution in [-0.2, 0) is 9.53 Å². The summed E-state index contributed by atoms with van der Waals surface area (Å²) in [6.45, 7) is 0.492. The molecule has 0 aromatic carbocycles. The van der Waals surface area contributed by atoms with E-state index in [1.807, 2.05) is 11.4 Å². The van der Waals surface area contributed by atoms with Gasteiger partial charge in [0.25, 0.3) is 5.91 Å². The normalized spacial score (nSPS) is 9.67. The fraction of sp³-hybridized carbons (Fsp3) is 0.400. The number of carbonyl (C=O) groups excluding carboxylic acids is 2. The highest BCUT2D eigenvalue weighted by Crippen LogP contribution is 2.07. The van der Waals surface area contributed by atoms with Crippen LogP contribution in [0, 0.1) is 0 Å². The third-order valence-corrected chi connectivity index (χ3v) is 2.68. The van der Waals surface area contributed by atoms with Crippen LogP contribution in [0.4, 0.5) is 0 Å². The number of carbonyl (C=O) groups is 2. The van der Waals surface area contributed by atoms with Crippen molar-refractivity contribution < 1.29 is 14.3 Å². The lowest BCUT2D eigenvalue weighted by molar-refractivity contribution is -0.140. The highest BCUT2D eigenvalue weighted by Gasteiger charge is 2.05. The first-order valence-electron chi connectivity index (χ1n) is 4.62. The molecule has 1 aromatic rings. The van der Waals surface area contributed by atoms with Crippen LogP contribution in [0.1, 0.15) is 22.5 Å². The molecule has 0 atom stereocenters. The van der Waals surface area contributed by atoms with Crippen LogP contribution in [0.25, 0.3) is 0 Å². The molecule has 0 bridgehead atoms. The second-order valence-corrected chi connectivity index (χ2v) is 3.86. The lowest BCUT2D eigenvalue weighted by Gasteiger charge is -2.02. The van der Waals surface area contributed by atoms with Gasteiger partial charge in [0, 0.05) is 13.0 Å². The number of hydrogen-bond acceptors (Lipinski definition) is 4. The molecular weight excluding hydrogens is 214 g/mol. The molecule has 0 aliphatic heterocycles. The van der Waals surface area contributed by atoms with E-state index in [0.717, 1.165) is 0 Å². The zero-order chi connectivity index (χ0) is 11.1. The Labute approximate surface area is 92.2 Å². The van der Waals surface area contributed by atoms with Gasteiger partial charge in [-0.15, -0.1) is 11.3 Å². The molecule has 0 fully saturated rings. The third kappa shape index (κ3) is 4.12. The molecule has 0 aliphatic carbocycles. The minimum absolute atomic E-state index is 0.0881. The summed E-state index contributed by atoms with van der Waals surface area (Å²) in [5.41, 5.74) is 0. The van der Waals surface area contributed by atoms with Crippen molar-refractivity contribution in [2.24, 2.45) is 0 Å². The summed E-state index contributed by atoms with van der Waals surface area (Å²) in [5, 5.41) is 4.58. The largest absolute Gasteiger partial charge is 0.469 e. The first kappa shape index (κ1) is 11.7. The molecule has 1 rings (SSSR count). The fourth-order valence-electron chi connectivity index (χ4n) is 1.03. The molecule has 0 saturated heterocycles. The smallest absolute Gasteiger partial charge is 0.305 e. The number of hydrogen-bond donors (Lipinski definition) is 1. The van der Waals surface area contributed by atoms with E-state index in [0.29, 0.717) is 24.3 Å². The summed E-state index contributed by atoms with van der Waals surface area (Å²) >= 11 is 1.40. The highest BCUT2D eigenvalue weighted by molar-refractivity contribution is 7.12. The topological polar surface area (TPSA) is 55.4 Å². The molecule has 1 N–H and O–H groups in total. The van der Waals surface area contributed by atoms with Crippen LogP contribution in [0.2, 0.25) is 0 Å². The number of amides is 1. The molecule has 4 nitrogen and oxygen atoms in total. The van der Waals surface area contributed by atoms with Crippen molar-refractivity contribution in [1.82, 2.24) is 5.32 Å². The molecule has 1 aromatic heterocycles. The van der Waals surface area contributed by atoms with E-state index in [1.165, 1.54) is 18.4 Å². The maximum Gasteiger partial charge on any atom is 0.305 e. The molecule has 0 aliphatic rings. The number of esters is 1. The molecule has 0 spiro atoms. The molecule has 82 valence electrons. The van der Waals surface area contributed by atoms with Crippen molar-refractivity contribution in [3.05, 3.63) is 22.4 Å². The quantitative estimate of drug-likeness (QED) is 0.611. The van der Waals surface area contributed by atoms with Gasteiger partial charge in [-0.25, -0.2) is 0 Å². The van der Waals surface area contributed by atoms with E-state index in [2.05, 4.69) is 10.1 Å². The zero-order valence-corrected chi connectivity index (χ0v) is 9.30. The van der Waals surface area contributed by atoms with Crippen molar-refractivity contribution in [1.29, 1.82) is 0 Å². The summed E-state index contributed by atoms with van der Waals surface area (Å²) in [6.07, 6.45) is 0.936. The summed E-state index contributed by atoms with van der Waals surface area (Å²) in [4.78, 5) is 22.8. The Balaban J connectivity index is 2.16. The average Bonchev–Trinajstić information content (AvgIpc) is 2.77. The van der Waals surface area contributed by atoms with Crippen LogP contribution in [-0.4, -0.2) is 25.5 Å². The Bertz CT molecular complexity index is 321. The molecular formula is C10H13NO3S. The van der Waals surface area contributed by atoms with Crippen LogP contribution in [0.3, 0.4) is 0 Å². The zero-order valence-electron chi connectivity index (χ0n) is 8.49. The van der Waals surface area contributed by atoms with Gasteiger partial charge in [0.1, 0.15) is 0 Å². The van der Waals surface area contributed by atoms with Crippen molar-refractivity contribution >= 4 is 23.2 Å². The van der Waals surface area contributed by atoms with Crippen LogP contribution in [0.15, 0.2) is 17.5 Å². The van der Waals surface area contributed by atoms with E-state index in [9.17, 15) is 9.59 Å². The molecule has 0 radical (unpaired) electrons. The van der Waals surface area contributed by atoms with E-state index in [4.69, 9.17) is 0 Å². The van der Waals surface area contributed by atoms with E-state index < -0.39 is 0 Å². The van der Waals surface area contributed by atoms with Gasteiger partial charge in [-0.2, -0.15) is 0 Å². The Hall–Kier alpha value is -1.36. The summed E-state index contributed by atoms with van der Waals surface area (Å²) < 4.78 is 4.48. The van der Waals surface area contributed by atoms with E-state index >= 15 is 0 Å². The average molecular weight is 227 g/mol. The van der Waals surface area contributed by atoms with Gasteiger partial charge >= 0.3 is 5.97 Å². The van der Waals surface area contributed by atoms with Crippen LogP contribution < -0.4 is 5.32 Å². The van der Waals surface area contributed by atoms with Gasteiger partial charge in [0.05, 0.1) is 12.0 Å². The van der Waals surface area contributed by atoms with Crippen LogP contribution >= 0.6 is 11.3 Å². The Morgan fingerprint density at radius 1 is 1.53 bits per heavy atom. The second kappa shape index (κ2) is 6.19. The second-order valence-electron chi connectivity index (χ2n) is 2.91.